The lowest BCUT2D eigenvalue weighted by Gasteiger charge is -2.20. The molecule has 0 aliphatic rings. The van der Waals surface area contributed by atoms with Crippen LogP contribution in [-0.2, 0) is 0 Å². The van der Waals surface area contributed by atoms with Crippen LogP contribution < -0.4 is 14.2 Å². The van der Waals surface area contributed by atoms with E-state index in [1.807, 2.05) is 65.0 Å². The predicted molar refractivity (Wildman–Crippen MR) is 118 cm³/mol. The van der Waals surface area contributed by atoms with Gasteiger partial charge in [-0.25, -0.2) is 0 Å². The molecule has 0 bridgehead atoms. The molecule has 2 rings (SSSR count). The van der Waals surface area contributed by atoms with Gasteiger partial charge in [0.05, 0.1) is 18.8 Å². The second-order valence-corrected chi connectivity index (χ2v) is 7.51. The third kappa shape index (κ3) is 6.67. The molecule has 0 atom stereocenters. The maximum absolute atomic E-state index is 12.5. The highest BCUT2D eigenvalue weighted by Gasteiger charge is 2.14. The van der Waals surface area contributed by atoms with Crippen LogP contribution in [0.5, 0.6) is 17.2 Å². The summed E-state index contributed by atoms with van der Waals surface area (Å²) in [5.41, 5.74) is 2.50. The lowest BCUT2D eigenvalue weighted by molar-refractivity contribution is 0.104. The van der Waals surface area contributed by atoms with E-state index in [2.05, 4.69) is 6.92 Å². The van der Waals surface area contributed by atoms with Crippen LogP contribution >= 0.6 is 0 Å². The molecule has 29 heavy (non-hydrogen) atoms. The molecule has 156 valence electrons. The van der Waals surface area contributed by atoms with Gasteiger partial charge in [0.2, 0.25) is 0 Å². The van der Waals surface area contributed by atoms with Crippen molar-refractivity contribution in [1.29, 1.82) is 0 Å². The minimum Gasteiger partial charge on any atom is -0.494 e. The Morgan fingerprint density at radius 3 is 2.21 bits per heavy atom. The quantitative estimate of drug-likeness (QED) is 0.351. The van der Waals surface area contributed by atoms with Crippen molar-refractivity contribution in [3.8, 4) is 17.2 Å². The number of rotatable bonds is 10. The van der Waals surface area contributed by atoms with Crippen molar-refractivity contribution >= 4 is 11.9 Å². The summed E-state index contributed by atoms with van der Waals surface area (Å²) in [4.78, 5) is 12.5. The Hall–Kier alpha value is -2.75. The summed E-state index contributed by atoms with van der Waals surface area (Å²) in [5, 5.41) is 0. The van der Waals surface area contributed by atoms with E-state index in [0.29, 0.717) is 12.2 Å². The molecule has 2 aromatic rings. The molecule has 2 aromatic carbocycles. The van der Waals surface area contributed by atoms with E-state index in [0.717, 1.165) is 34.8 Å². The van der Waals surface area contributed by atoms with Crippen LogP contribution in [0.2, 0.25) is 0 Å². The largest absolute Gasteiger partial charge is 0.494 e. The summed E-state index contributed by atoms with van der Waals surface area (Å²) in [6, 6.07) is 11.1. The molecule has 0 unspecified atom stereocenters. The van der Waals surface area contributed by atoms with Gasteiger partial charge >= 0.3 is 0 Å². The summed E-state index contributed by atoms with van der Waals surface area (Å²) >= 11 is 0. The average molecular weight is 397 g/mol. The number of allylic oxidation sites excluding steroid dienone is 1. The summed E-state index contributed by atoms with van der Waals surface area (Å²) in [5.74, 6) is 2.16. The van der Waals surface area contributed by atoms with Crippen LogP contribution in [0.1, 0.15) is 62.5 Å². The summed E-state index contributed by atoms with van der Waals surface area (Å²) in [6.07, 6.45) is 4.44. The van der Waals surface area contributed by atoms with Crippen LogP contribution in [0.15, 0.2) is 42.5 Å². The van der Waals surface area contributed by atoms with Crippen LogP contribution in [0.3, 0.4) is 0 Å². The first kappa shape index (κ1) is 22.5. The third-order valence-electron chi connectivity index (χ3n) is 4.15. The maximum atomic E-state index is 12.5. The molecule has 4 nitrogen and oxygen atoms in total. The monoisotopic (exact) mass is 396 g/mol. The molecule has 0 aliphatic heterocycles. The van der Waals surface area contributed by atoms with Crippen LogP contribution in [0, 0.1) is 6.92 Å². The highest BCUT2D eigenvalue weighted by molar-refractivity contribution is 6.07. The van der Waals surface area contributed by atoms with E-state index in [9.17, 15) is 4.79 Å². The summed E-state index contributed by atoms with van der Waals surface area (Å²) < 4.78 is 17.4. The number of hydrogen-bond donors (Lipinski definition) is 0. The predicted octanol–water partition coefficient (Wildman–Crippen LogP) is 6.25. The first-order chi connectivity index (χ1) is 13.8. The molecule has 0 amide bonds. The molecule has 0 fully saturated rings. The zero-order chi connectivity index (χ0) is 21.4. The van der Waals surface area contributed by atoms with Crippen LogP contribution in [0.4, 0.5) is 0 Å². The van der Waals surface area contributed by atoms with Crippen molar-refractivity contribution < 1.29 is 19.0 Å². The standard InChI is InChI=1S/C25H32O4/c1-7-16-27-22-12-8-21(9-13-22)23(26)14-10-20-11-15-24(28-17(2)3)25(19(20)6)29-18(4)5/h8-15,17-18H,7,16H2,1-6H3/b14-10+. The molecule has 0 saturated heterocycles. The minimum absolute atomic E-state index is 0.0255. The molecule has 0 aliphatic carbocycles. The molecule has 0 radical (unpaired) electrons. The minimum atomic E-state index is -0.0553. The first-order valence-corrected chi connectivity index (χ1v) is 10.2. The molecule has 4 heteroatoms. The normalized spacial score (nSPS) is 11.3. The average Bonchev–Trinajstić information content (AvgIpc) is 2.68. The lowest BCUT2D eigenvalue weighted by atomic mass is 10.0. The highest BCUT2D eigenvalue weighted by Crippen LogP contribution is 2.35. The van der Waals surface area contributed by atoms with E-state index in [1.165, 1.54) is 0 Å². The van der Waals surface area contributed by atoms with Crippen molar-refractivity contribution in [3.63, 3.8) is 0 Å². The topological polar surface area (TPSA) is 44.8 Å². The van der Waals surface area contributed by atoms with Gasteiger partial charge < -0.3 is 14.2 Å². The Balaban J connectivity index is 2.21. The number of ether oxygens (including phenoxy) is 3. The number of carbonyl (C=O) groups is 1. The van der Waals surface area contributed by atoms with Gasteiger partial charge in [0, 0.05) is 11.1 Å². The Labute approximate surface area is 174 Å². The van der Waals surface area contributed by atoms with E-state index >= 15 is 0 Å². The first-order valence-electron chi connectivity index (χ1n) is 10.2. The Morgan fingerprint density at radius 2 is 1.62 bits per heavy atom. The van der Waals surface area contributed by atoms with Gasteiger partial charge in [-0.1, -0.05) is 19.1 Å². The molecular weight excluding hydrogens is 364 g/mol. The molecule has 0 heterocycles. The van der Waals surface area contributed by atoms with E-state index in [4.69, 9.17) is 14.2 Å². The molecule has 0 spiro atoms. The van der Waals surface area contributed by atoms with Crippen LogP contribution in [0.25, 0.3) is 6.08 Å². The van der Waals surface area contributed by atoms with E-state index < -0.39 is 0 Å². The number of ketones is 1. The summed E-state index contributed by atoms with van der Waals surface area (Å²) in [6.45, 7) is 12.7. The summed E-state index contributed by atoms with van der Waals surface area (Å²) in [7, 11) is 0. The maximum Gasteiger partial charge on any atom is 0.185 e. The molecule has 0 N–H and O–H groups in total. The number of benzene rings is 2. The van der Waals surface area contributed by atoms with Crippen molar-refractivity contribution in [2.24, 2.45) is 0 Å². The molecule has 0 saturated carbocycles. The highest BCUT2D eigenvalue weighted by atomic mass is 16.5. The van der Waals surface area contributed by atoms with Crippen molar-refractivity contribution in [3.05, 3.63) is 59.2 Å². The van der Waals surface area contributed by atoms with Gasteiger partial charge in [-0.05, 0) is 83.0 Å². The van der Waals surface area contributed by atoms with Crippen molar-refractivity contribution in [2.75, 3.05) is 6.61 Å². The second-order valence-electron chi connectivity index (χ2n) is 7.51. The fourth-order valence-corrected chi connectivity index (χ4v) is 2.79. The SMILES string of the molecule is CCCOc1ccc(C(=O)/C=C/c2ccc(OC(C)C)c(OC(C)C)c2C)cc1. The Kier molecular flexibility index (Phi) is 8.32. The van der Waals surface area contributed by atoms with Gasteiger partial charge in [-0.3, -0.25) is 4.79 Å². The van der Waals surface area contributed by atoms with Crippen LogP contribution in [-0.4, -0.2) is 24.6 Å². The Morgan fingerprint density at radius 1 is 0.966 bits per heavy atom. The van der Waals surface area contributed by atoms with Crippen molar-refractivity contribution in [2.45, 2.75) is 60.2 Å². The van der Waals surface area contributed by atoms with E-state index in [-0.39, 0.29) is 18.0 Å². The van der Waals surface area contributed by atoms with E-state index in [1.54, 1.807) is 18.2 Å². The van der Waals surface area contributed by atoms with Gasteiger partial charge in [-0.15, -0.1) is 0 Å². The third-order valence-corrected chi connectivity index (χ3v) is 4.15. The lowest BCUT2D eigenvalue weighted by Crippen LogP contribution is -2.12. The zero-order valence-corrected chi connectivity index (χ0v) is 18.3. The van der Waals surface area contributed by atoms with Gasteiger partial charge in [0.1, 0.15) is 5.75 Å². The smallest absolute Gasteiger partial charge is 0.185 e. The fraction of sp³-hybridized carbons (Fsp3) is 0.400. The number of carbonyl (C=O) groups excluding carboxylic acids is 1. The van der Waals surface area contributed by atoms with Gasteiger partial charge in [-0.2, -0.15) is 0 Å². The van der Waals surface area contributed by atoms with Crippen molar-refractivity contribution in [1.82, 2.24) is 0 Å². The second kappa shape index (κ2) is 10.7. The van der Waals surface area contributed by atoms with Gasteiger partial charge in [0.25, 0.3) is 0 Å². The molecule has 0 aromatic heterocycles. The molecular formula is C25H32O4. The Bertz CT molecular complexity index is 833. The fourth-order valence-electron chi connectivity index (χ4n) is 2.79. The number of hydrogen-bond acceptors (Lipinski definition) is 4. The zero-order valence-electron chi connectivity index (χ0n) is 18.3. The van der Waals surface area contributed by atoms with Gasteiger partial charge in [0.15, 0.2) is 17.3 Å².